The Morgan fingerprint density at radius 1 is 1.47 bits per heavy atom. The fourth-order valence-electron chi connectivity index (χ4n) is 1.80. The molecule has 0 saturated heterocycles. The molecule has 6 heteroatoms. The number of rotatable bonds is 5. The van der Waals surface area contributed by atoms with E-state index in [4.69, 9.17) is 16.0 Å². The quantitative estimate of drug-likeness (QED) is 0.622. The highest BCUT2D eigenvalue weighted by Crippen LogP contribution is 2.24. The van der Waals surface area contributed by atoms with Gasteiger partial charge in [-0.05, 0) is 26.0 Å². The maximum Gasteiger partial charge on any atom is 0.156 e. The third-order valence-electron chi connectivity index (χ3n) is 2.72. The van der Waals surface area contributed by atoms with Crippen LogP contribution in [0.5, 0.6) is 0 Å². The van der Waals surface area contributed by atoms with E-state index in [0.29, 0.717) is 36.6 Å². The molecule has 19 heavy (non-hydrogen) atoms. The second kappa shape index (κ2) is 5.84. The van der Waals surface area contributed by atoms with Crippen LogP contribution in [0.4, 0.5) is 5.82 Å². The number of aromatic nitrogens is 2. The number of hydrogen-bond donors (Lipinski definition) is 0. The molecule has 5 nitrogen and oxygen atoms in total. The molecule has 2 aromatic rings. The first kappa shape index (κ1) is 13.5. The molecule has 0 unspecified atom stereocenters. The van der Waals surface area contributed by atoms with Crippen molar-refractivity contribution in [3.05, 3.63) is 40.7 Å². The van der Waals surface area contributed by atoms with Crippen LogP contribution < -0.4 is 4.90 Å². The Hall–Kier alpha value is -1.88. The summed E-state index contributed by atoms with van der Waals surface area (Å²) < 4.78 is 5.31. The maximum atomic E-state index is 11.2. The fraction of sp³-hybridized carbons (Fsp3) is 0.308. The lowest BCUT2D eigenvalue weighted by Crippen LogP contribution is -2.25. The molecule has 0 amide bonds. The molecule has 0 aliphatic carbocycles. The molecule has 0 saturated carbocycles. The minimum Gasteiger partial charge on any atom is -0.467 e. The van der Waals surface area contributed by atoms with Crippen LogP contribution in [0.3, 0.4) is 0 Å². The lowest BCUT2D eigenvalue weighted by molar-refractivity contribution is 0.112. The minimum atomic E-state index is 0.176. The van der Waals surface area contributed by atoms with Crippen molar-refractivity contribution in [2.24, 2.45) is 0 Å². The number of nitrogens with zero attached hydrogens (tertiary/aromatic N) is 3. The first-order valence-electron chi connectivity index (χ1n) is 5.92. The van der Waals surface area contributed by atoms with Crippen molar-refractivity contribution in [2.75, 3.05) is 11.4 Å². The maximum absolute atomic E-state index is 11.2. The highest BCUT2D eigenvalue weighted by Gasteiger charge is 2.17. The summed E-state index contributed by atoms with van der Waals surface area (Å²) in [6, 6.07) is 3.70. The van der Waals surface area contributed by atoms with E-state index in [1.54, 1.807) is 13.2 Å². The summed E-state index contributed by atoms with van der Waals surface area (Å²) in [6.07, 6.45) is 2.30. The molecular formula is C13H14ClN3O2. The summed E-state index contributed by atoms with van der Waals surface area (Å²) in [5.74, 6) is 1.86. The van der Waals surface area contributed by atoms with Crippen molar-refractivity contribution in [3.63, 3.8) is 0 Å². The molecule has 0 bridgehead atoms. The van der Waals surface area contributed by atoms with Gasteiger partial charge in [0.15, 0.2) is 6.29 Å². The lowest BCUT2D eigenvalue weighted by Gasteiger charge is -2.22. The molecule has 0 aromatic carbocycles. The Bertz CT molecular complexity index is 570. The zero-order valence-corrected chi connectivity index (χ0v) is 11.5. The largest absolute Gasteiger partial charge is 0.467 e. The number of aryl methyl sites for hydroxylation is 1. The van der Waals surface area contributed by atoms with Crippen molar-refractivity contribution in [2.45, 2.75) is 20.4 Å². The minimum absolute atomic E-state index is 0.176. The second-order valence-corrected chi connectivity index (χ2v) is 4.37. The Morgan fingerprint density at radius 2 is 2.26 bits per heavy atom. The molecule has 0 aliphatic heterocycles. The van der Waals surface area contributed by atoms with Gasteiger partial charge < -0.3 is 9.32 Å². The van der Waals surface area contributed by atoms with Crippen molar-refractivity contribution in [1.82, 2.24) is 9.97 Å². The van der Waals surface area contributed by atoms with Crippen LogP contribution in [0.15, 0.2) is 22.8 Å². The van der Waals surface area contributed by atoms with Crippen LogP contribution in [0.1, 0.15) is 28.9 Å². The second-order valence-electron chi connectivity index (χ2n) is 4.01. The number of furan rings is 1. The van der Waals surface area contributed by atoms with Gasteiger partial charge in [0.1, 0.15) is 22.6 Å². The van der Waals surface area contributed by atoms with Gasteiger partial charge in [-0.1, -0.05) is 11.6 Å². The number of hydrogen-bond acceptors (Lipinski definition) is 5. The van der Waals surface area contributed by atoms with Crippen molar-refractivity contribution in [1.29, 1.82) is 0 Å². The summed E-state index contributed by atoms with van der Waals surface area (Å²) in [6.45, 7) is 4.92. The van der Waals surface area contributed by atoms with Gasteiger partial charge in [0.25, 0.3) is 0 Å². The molecule has 2 aromatic heterocycles. The fourth-order valence-corrected chi connectivity index (χ4v) is 2.05. The van der Waals surface area contributed by atoms with Crippen molar-refractivity contribution < 1.29 is 9.21 Å². The van der Waals surface area contributed by atoms with E-state index in [1.807, 2.05) is 24.0 Å². The molecule has 0 atom stereocenters. The molecule has 2 heterocycles. The zero-order valence-electron chi connectivity index (χ0n) is 10.8. The van der Waals surface area contributed by atoms with E-state index >= 15 is 0 Å². The van der Waals surface area contributed by atoms with Crippen LogP contribution in [0, 0.1) is 6.92 Å². The van der Waals surface area contributed by atoms with Crippen LogP contribution in [0.2, 0.25) is 5.15 Å². The van der Waals surface area contributed by atoms with Crippen LogP contribution in [0.25, 0.3) is 0 Å². The van der Waals surface area contributed by atoms with Gasteiger partial charge in [0.2, 0.25) is 0 Å². The highest BCUT2D eigenvalue weighted by molar-refractivity contribution is 6.32. The number of carbonyl (C=O) groups is 1. The predicted octanol–water partition coefficient (Wildman–Crippen LogP) is 2.87. The third-order valence-corrected chi connectivity index (χ3v) is 3.00. The Kier molecular flexibility index (Phi) is 4.16. The summed E-state index contributed by atoms with van der Waals surface area (Å²) in [5.41, 5.74) is 0.306. The van der Waals surface area contributed by atoms with Crippen LogP contribution >= 0.6 is 11.6 Å². The standard InChI is InChI=1S/C13H14ClN3O2/c1-3-17(7-10-5-4-6-19-10)13-11(8-18)12(14)15-9(2)16-13/h4-6,8H,3,7H2,1-2H3. The highest BCUT2D eigenvalue weighted by atomic mass is 35.5. The Morgan fingerprint density at radius 3 is 2.84 bits per heavy atom. The number of carbonyl (C=O) groups excluding carboxylic acids is 1. The van der Waals surface area contributed by atoms with E-state index in [2.05, 4.69) is 9.97 Å². The van der Waals surface area contributed by atoms with Crippen molar-refractivity contribution in [3.8, 4) is 0 Å². The Balaban J connectivity index is 2.39. The van der Waals surface area contributed by atoms with E-state index < -0.39 is 0 Å². The monoisotopic (exact) mass is 279 g/mol. The third kappa shape index (κ3) is 2.93. The Labute approximate surface area is 116 Å². The molecule has 0 spiro atoms. The smallest absolute Gasteiger partial charge is 0.156 e. The van der Waals surface area contributed by atoms with Crippen LogP contribution in [-0.4, -0.2) is 22.8 Å². The number of anilines is 1. The van der Waals surface area contributed by atoms with E-state index in [9.17, 15) is 4.79 Å². The van der Waals surface area contributed by atoms with Crippen molar-refractivity contribution >= 4 is 23.7 Å². The predicted molar refractivity (Wildman–Crippen MR) is 72.6 cm³/mol. The molecular weight excluding hydrogens is 266 g/mol. The lowest BCUT2D eigenvalue weighted by atomic mass is 10.3. The first-order valence-corrected chi connectivity index (χ1v) is 6.30. The summed E-state index contributed by atoms with van der Waals surface area (Å²) in [4.78, 5) is 21.4. The van der Waals surface area contributed by atoms with Gasteiger partial charge >= 0.3 is 0 Å². The molecule has 2 rings (SSSR count). The van der Waals surface area contributed by atoms with E-state index in [1.165, 1.54) is 0 Å². The van der Waals surface area contributed by atoms with E-state index in [0.717, 1.165) is 5.76 Å². The van der Waals surface area contributed by atoms with Gasteiger partial charge in [0.05, 0.1) is 18.4 Å². The summed E-state index contributed by atoms with van der Waals surface area (Å²) >= 11 is 5.99. The van der Waals surface area contributed by atoms with Gasteiger partial charge in [-0.15, -0.1) is 0 Å². The van der Waals surface area contributed by atoms with E-state index in [-0.39, 0.29) is 5.15 Å². The van der Waals surface area contributed by atoms with Gasteiger partial charge in [0, 0.05) is 6.54 Å². The van der Waals surface area contributed by atoms with Gasteiger partial charge in [-0.2, -0.15) is 0 Å². The summed E-state index contributed by atoms with van der Waals surface area (Å²) in [5, 5.41) is 0.176. The average molecular weight is 280 g/mol. The molecule has 0 fully saturated rings. The molecule has 100 valence electrons. The normalized spacial score (nSPS) is 10.5. The topological polar surface area (TPSA) is 59.2 Å². The number of aldehydes is 1. The molecule has 0 aliphatic rings. The van der Waals surface area contributed by atoms with Gasteiger partial charge in [-0.25, -0.2) is 9.97 Å². The zero-order chi connectivity index (χ0) is 13.8. The average Bonchev–Trinajstić information content (AvgIpc) is 2.88. The summed E-state index contributed by atoms with van der Waals surface area (Å²) in [7, 11) is 0. The molecule has 0 radical (unpaired) electrons. The van der Waals surface area contributed by atoms with Crippen LogP contribution in [-0.2, 0) is 6.54 Å². The number of halogens is 1. The van der Waals surface area contributed by atoms with Gasteiger partial charge in [-0.3, -0.25) is 4.79 Å². The molecule has 0 N–H and O–H groups in total. The SMILES string of the molecule is CCN(Cc1ccco1)c1nc(C)nc(Cl)c1C=O. The first-order chi connectivity index (χ1) is 9.15.